The molecule has 0 spiro atoms. The van der Waals surface area contributed by atoms with Crippen molar-refractivity contribution < 1.29 is 27.9 Å². The first-order chi connectivity index (χ1) is 9.53. The molecule has 0 heterocycles. The number of hydrogen-bond donors (Lipinski definition) is 0. The van der Waals surface area contributed by atoms with E-state index in [1.807, 2.05) is 6.92 Å². The Morgan fingerprint density at radius 3 is 2.10 bits per heavy atom. The van der Waals surface area contributed by atoms with Gasteiger partial charge in [-0.3, -0.25) is 9.59 Å². The molecule has 0 bridgehead atoms. The summed E-state index contributed by atoms with van der Waals surface area (Å²) in [5.74, 6) is -0.640. The van der Waals surface area contributed by atoms with Gasteiger partial charge in [0.15, 0.2) is 0 Å². The van der Waals surface area contributed by atoms with Crippen molar-refractivity contribution >= 4 is 21.2 Å². The van der Waals surface area contributed by atoms with Gasteiger partial charge < -0.3 is 18.3 Å². The fraction of sp³-hybridized carbons (Fsp3) is 0.846. The molecule has 1 unspecified atom stereocenters. The van der Waals surface area contributed by atoms with Gasteiger partial charge in [-0.15, -0.1) is 0 Å². The molecular formula is C13H26O6Si. The average molecular weight is 306 g/mol. The number of methoxy groups -OCH3 is 1. The van der Waals surface area contributed by atoms with Crippen molar-refractivity contribution in [3.05, 3.63) is 0 Å². The number of carbonyl (C=O) groups is 2. The van der Waals surface area contributed by atoms with Gasteiger partial charge in [0.2, 0.25) is 0 Å². The van der Waals surface area contributed by atoms with E-state index in [1.165, 1.54) is 0 Å². The molecule has 0 rings (SSSR count). The van der Waals surface area contributed by atoms with Gasteiger partial charge in [-0.25, -0.2) is 0 Å². The lowest BCUT2D eigenvalue weighted by molar-refractivity contribution is -0.140. The lowest BCUT2D eigenvalue weighted by atomic mass is 10.4. The summed E-state index contributed by atoms with van der Waals surface area (Å²) in [4.78, 5) is 22.6. The monoisotopic (exact) mass is 306 g/mol. The molecule has 0 aliphatic heterocycles. The second-order valence-corrected chi connectivity index (χ2v) is 6.29. The van der Waals surface area contributed by atoms with Crippen molar-refractivity contribution in [2.45, 2.75) is 52.2 Å². The summed E-state index contributed by atoms with van der Waals surface area (Å²) in [5, 5.41) is 0. The van der Waals surface area contributed by atoms with E-state index in [0.717, 1.165) is 0 Å². The van der Waals surface area contributed by atoms with Crippen LogP contribution in [0.1, 0.15) is 40.0 Å². The van der Waals surface area contributed by atoms with Gasteiger partial charge in [-0.1, -0.05) is 13.8 Å². The maximum Gasteiger partial charge on any atom is 0.448 e. The van der Waals surface area contributed by atoms with Gasteiger partial charge in [0.05, 0.1) is 12.7 Å². The number of rotatable bonds is 11. The van der Waals surface area contributed by atoms with E-state index in [4.69, 9.17) is 18.3 Å². The average Bonchev–Trinajstić information content (AvgIpc) is 2.45. The Morgan fingerprint density at radius 1 is 1.10 bits per heavy atom. The van der Waals surface area contributed by atoms with Crippen LogP contribution in [0.2, 0.25) is 6.04 Å². The van der Waals surface area contributed by atoms with Crippen LogP contribution in [0, 0.1) is 0 Å². The fourth-order valence-electron chi connectivity index (χ4n) is 1.27. The minimum absolute atomic E-state index is 0.0545. The van der Waals surface area contributed by atoms with E-state index in [-0.39, 0.29) is 30.9 Å². The number of ether oxygens (including phenoxy) is 2. The third-order valence-electron chi connectivity index (χ3n) is 2.59. The zero-order valence-corrected chi connectivity index (χ0v) is 14.0. The Hall–Kier alpha value is -0.923. The summed E-state index contributed by atoms with van der Waals surface area (Å²) in [5.41, 5.74) is 0. The predicted molar refractivity (Wildman–Crippen MR) is 76.6 cm³/mol. The zero-order valence-electron chi connectivity index (χ0n) is 12.8. The molecule has 0 aliphatic rings. The molecule has 1 atom stereocenters. The molecule has 0 aromatic carbocycles. The molecule has 0 aliphatic carbocycles. The SMILES string of the molecule is CCC(=O)O[SiH](CCCOCC(C)OC)OC(=O)CC. The topological polar surface area (TPSA) is 71.1 Å². The van der Waals surface area contributed by atoms with E-state index in [1.54, 1.807) is 21.0 Å². The minimum atomic E-state index is -2.27. The smallest absolute Gasteiger partial charge is 0.448 e. The maximum atomic E-state index is 11.3. The standard InChI is InChI=1S/C13H26O6Si/c1-5-12(14)18-20(19-13(15)6-2)9-7-8-17-10-11(3)16-4/h11,20H,5-10H2,1-4H3. The highest BCUT2D eigenvalue weighted by atomic mass is 28.3. The van der Waals surface area contributed by atoms with Crippen LogP contribution in [-0.4, -0.2) is 47.6 Å². The Morgan fingerprint density at radius 2 is 1.65 bits per heavy atom. The molecule has 0 saturated heterocycles. The molecule has 0 aromatic heterocycles. The van der Waals surface area contributed by atoms with E-state index in [2.05, 4.69) is 0 Å². The van der Waals surface area contributed by atoms with Crippen LogP contribution in [0.15, 0.2) is 0 Å². The Labute approximate surface area is 122 Å². The van der Waals surface area contributed by atoms with Gasteiger partial charge in [-0.05, 0) is 13.3 Å². The summed E-state index contributed by atoms with van der Waals surface area (Å²) in [6, 6.07) is 0.568. The van der Waals surface area contributed by atoms with Crippen LogP contribution < -0.4 is 0 Å². The van der Waals surface area contributed by atoms with Crippen molar-refractivity contribution in [2.75, 3.05) is 20.3 Å². The predicted octanol–water partition coefficient (Wildman–Crippen LogP) is 1.55. The van der Waals surface area contributed by atoms with Crippen molar-refractivity contribution in [3.63, 3.8) is 0 Å². The highest BCUT2D eigenvalue weighted by molar-refractivity contribution is 6.48. The molecule has 6 nitrogen and oxygen atoms in total. The molecule has 0 radical (unpaired) electrons. The molecule has 0 aromatic rings. The van der Waals surface area contributed by atoms with Crippen LogP contribution in [0.5, 0.6) is 0 Å². The van der Waals surface area contributed by atoms with E-state index in [9.17, 15) is 9.59 Å². The molecule has 0 N–H and O–H groups in total. The van der Waals surface area contributed by atoms with Crippen molar-refractivity contribution in [3.8, 4) is 0 Å². The third kappa shape index (κ3) is 9.94. The molecular weight excluding hydrogens is 280 g/mol. The van der Waals surface area contributed by atoms with E-state index < -0.39 is 9.28 Å². The summed E-state index contributed by atoms with van der Waals surface area (Å²) in [6.45, 7) is 6.40. The van der Waals surface area contributed by atoms with E-state index >= 15 is 0 Å². The highest BCUT2D eigenvalue weighted by Gasteiger charge is 2.21. The second-order valence-electron chi connectivity index (χ2n) is 4.38. The largest absolute Gasteiger partial charge is 0.487 e. The first-order valence-corrected chi connectivity index (χ1v) is 8.78. The Balaban J connectivity index is 3.96. The molecule has 0 amide bonds. The van der Waals surface area contributed by atoms with Gasteiger partial charge in [0.25, 0.3) is 11.9 Å². The second kappa shape index (κ2) is 11.9. The lowest BCUT2D eigenvalue weighted by Crippen LogP contribution is -2.29. The van der Waals surface area contributed by atoms with Gasteiger partial charge in [0, 0.05) is 32.6 Å². The minimum Gasteiger partial charge on any atom is -0.487 e. The Bertz CT molecular complexity index is 266. The van der Waals surface area contributed by atoms with Crippen molar-refractivity contribution in [1.82, 2.24) is 0 Å². The summed E-state index contributed by atoms with van der Waals surface area (Å²) < 4.78 is 20.9. The van der Waals surface area contributed by atoms with Gasteiger partial charge in [-0.2, -0.15) is 0 Å². The number of hydrogen-bond acceptors (Lipinski definition) is 6. The van der Waals surface area contributed by atoms with Gasteiger partial charge in [0.1, 0.15) is 0 Å². The highest BCUT2D eigenvalue weighted by Crippen LogP contribution is 2.06. The van der Waals surface area contributed by atoms with Crippen molar-refractivity contribution in [2.24, 2.45) is 0 Å². The van der Waals surface area contributed by atoms with Crippen molar-refractivity contribution in [1.29, 1.82) is 0 Å². The molecule has 0 fully saturated rings. The van der Waals surface area contributed by atoms with Crippen LogP contribution in [0.25, 0.3) is 0 Å². The normalized spacial score (nSPS) is 12.2. The Kier molecular flexibility index (Phi) is 11.3. The van der Waals surface area contributed by atoms with Crippen LogP contribution in [0.3, 0.4) is 0 Å². The summed E-state index contributed by atoms with van der Waals surface area (Å²) in [7, 11) is -0.639. The molecule has 118 valence electrons. The maximum absolute atomic E-state index is 11.3. The molecule has 20 heavy (non-hydrogen) atoms. The van der Waals surface area contributed by atoms with E-state index in [0.29, 0.717) is 25.7 Å². The quantitative estimate of drug-likeness (QED) is 0.426. The first-order valence-electron chi connectivity index (χ1n) is 7.02. The number of carbonyl (C=O) groups excluding carboxylic acids is 2. The zero-order chi connectivity index (χ0) is 15.4. The first kappa shape index (κ1) is 19.1. The van der Waals surface area contributed by atoms with Crippen LogP contribution in [-0.2, 0) is 27.9 Å². The fourth-order valence-corrected chi connectivity index (χ4v) is 2.97. The van der Waals surface area contributed by atoms with Crippen LogP contribution >= 0.6 is 0 Å². The summed E-state index contributed by atoms with van der Waals surface area (Å²) in [6.07, 6.45) is 1.32. The lowest BCUT2D eigenvalue weighted by Gasteiger charge is -2.16. The molecule has 7 heteroatoms. The van der Waals surface area contributed by atoms with Crippen LogP contribution in [0.4, 0.5) is 0 Å². The summed E-state index contributed by atoms with van der Waals surface area (Å²) >= 11 is 0. The third-order valence-corrected chi connectivity index (χ3v) is 4.52. The van der Waals surface area contributed by atoms with Gasteiger partial charge >= 0.3 is 9.28 Å². The molecule has 0 saturated carbocycles.